The number of quaternary nitrogens is 1. The minimum absolute atomic E-state index is 0.0973. The number of thiophene rings is 1. The van der Waals surface area contributed by atoms with Gasteiger partial charge in [0.15, 0.2) is 6.04 Å². The number of fused-ring (bicyclic) bond motifs is 1. The number of benzene rings is 2. The van der Waals surface area contributed by atoms with Gasteiger partial charge in [0.25, 0.3) is 5.91 Å². The molecule has 1 unspecified atom stereocenters. The molecule has 0 saturated heterocycles. The highest BCUT2D eigenvalue weighted by Gasteiger charge is 2.21. The first-order chi connectivity index (χ1) is 13.1. The van der Waals surface area contributed by atoms with Gasteiger partial charge in [0.05, 0.1) is 14.2 Å². The number of likely N-dealkylation sites (N-methyl/N-ethyl adjacent to an activating group) is 1. The molecule has 3 aromatic rings. The van der Waals surface area contributed by atoms with Gasteiger partial charge in [-0.05, 0) is 53.8 Å². The van der Waals surface area contributed by atoms with Gasteiger partial charge < -0.3 is 15.0 Å². The average Bonchev–Trinajstić information content (AvgIpc) is 3.20. The molecule has 0 aliphatic heterocycles. The molecular weight excluding hydrogens is 356 g/mol. The number of carbonyl (C=O) groups is 1. The number of ether oxygens (including phenoxy) is 1. The lowest BCUT2D eigenvalue weighted by Gasteiger charge is -2.21. The molecule has 0 radical (unpaired) electrons. The monoisotopic (exact) mass is 383 g/mol. The number of hydrogen-bond acceptors (Lipinski definition) is 3. The molecule has 5 heteroatoms. The van der Waals surface area contributed by atoms with E-state index < -0.39 is 0 Å². The van der Waals surface area contributed by atoms with E-state index in [1.165, 1.54) is 20.7 Å². The highest BCUT2D eigenvalue weighted by Crippen LogP contribution is 2.21. The Hall–Kier alpha value is -2.37. The minimum Gasteiger partial charge on any atom is -0.497 e. The maximum Gasteiger partial charge on any atom is 0.278 e. The molecular formula is C22H27N2O2S+. The molecule has 0 spiro atoms. The van der Waals surface area contributed by atoms with Gasteiger partial charge in [0.2, 0.25) is 0 Å². The predicted molar refractivity (Wildman–Crippen MR) is 112 cm³/mol. The first-order valence-corrected chi connectivity index (χ1v) is 10.1. The van der Waals surface area contributed by atoms with Crippen molar-refractivity contribution in [1.29, 1.82) is 0 Å². The Morgan fingerprint density at radius 3 is 2.70 bits per heavy atom. The quantitative estimate of drug-likeness (QED) is 0.628. The Morgan fingerprint density at radius 2 is 1.96 bits per heavy atom. The summed E-state index contributed by atoms with van der Waals surface area (Å²) >= 11 is 1.73. The fourth-order valence-electron chi connectivity index (χ4n) is 3.13. The predicted octanol–water partition coefficient (Wildman–Crippen LogP) is 2.67. The summed E-state index contributed by atoms with van der Waals surface area (Å²) in [6.45, 7) is 3.48. The SMILES string of the molecule is COc1ccc2cc(C[NH+](C)[C@@H](C)C(=O)NCCc3cccs3)ccc2c1. The number of carbonyl (C=O) groups excluding carboxylic acids is 1. The van der Waals surface area contributed by atoms with Crippen molar-refractivity contribution in [3.05, 3.63) is 64.4 Å². The van der Waals surface area contributed by atoms with Gasteiger partial charge in [0.1, 0.15) is 12.3 Å². The van der Waals surface area contributed by atoms with Crippen LogP contribution in [-0.4, -0.2) is 32.7 Å². The summed E-state index contributed by atoms with van der Waals surface area (Å²) in [7, 11) is 3.75. The third kappa shape index (κ3) is 5.08. The number of hydrogen-bond donors (Lipinski definition) is 2. The van der Waals surface area contributed by atoms with Crippen LogP contribution in [0.5, 0.6) is 5.75 Å². The third-order valence-electron chi connectivity index (χ3n) is 4.98. The van der Waals surface area contributed by atoms with Crippen molar-refractivity contribution < 1.29 is 14.4 Å². The van der Waals surface area contributed by atoms with Crippen LogP contribution in [0.2, 0.25) is 0 Å². The molecule has 27 heavy (non-hydrogen) atoms. The lowest BCUT2D eigenvalue weighted by Crippen LogP contribution is -3.12. The van der Waals surface area contributed by atoms with Crippen LogP contribution in [0.25, 0.3) is 10.8 Å². The fourth-order valence-corrected chi connectivity index (χ4v) is 3.83. The van der Waals surface area contributed by atoms with Gasteiger partial charge in [-0.2, -0.15) is 0 Å². The van der Waals surface area contributed by atoms with Crippen LogP contribution in [0, 0.1) is 0 Å². The number of methoxy groups -OCH3 is 1. The van der Waals surface area contributed by atoms with E-state index >= 15 is 0 Å². The topological polar surface area (TPSA) is 42.8 Å². The molecule has 3 rings (SSSR count). The molecule has 2 atom stereocenters. The van der Waals surface area contributed by atoms with Gasteiger partial charge in [-0.1, -0.05) is 24.3 Å². The second kappa shape index (κ2) is 9.02. The Bertz CT molecular complexity index is 892. The lowest BCUT2D eigenvalue weighted by molar-refractivity contribution is -0.908. The van der Waals surface area contributed by atoms with Crippen molar-refractivity contribution in [2.45, 2.75) is 25.9 Å². The van der Waals surface area contributed by atoms with Gasteiger partial charge in [0, 0.05) is 17.0 Å². The van der Waals surface area contributed by atoms with Crippen LogP contribution in [0.15, 0.2) is 53.9 Å². The van der Waals surface area contributed by atoms with Gasteiger partial charge in [-0.3, -0.25) is 4.79 Å². The summed E-state index contributed by atoms with van der Waals surface area (Å²) < 4.78 is 5.28. The first-order valence-electron chi connectivity index (χ1n) is 9.26. The maximum atomic E-state index is 12.4. The molecule has 0 aliphatic carbocycles. The maximum absolute atomic E-state index is 12.4. The van der Waals surface area contributed by atoms with E-state index in [2.05, 4.69) is 48.1 Å². The third-order valence-corrected chi connectivity index (χ3v) is 5.91. The lowest BCUT2D eigenvalue weighted by atomic mass is 10.1. The van der Waals surface area contributed by atoms with E-state index in [1.54, 1.807) is 18.4 Å². The highest BCUT2D eigenvalue weighted by atomic mass is 32.1. The smallest absolute Gasteiger partial charge is 0.278 e. The van der Waals surface area contributed by atoms with Crippen molar-refractivity contribution in [2.24, 2.45) is 0 Å². The van der Waals surface area contributed by atoms with E-state index in [4.69, 9.17) is 4.74 Å². The second-order valence-electron chi connectivity index (χ2n) is 6.91. The molecule has 142 valence electrons. The molecule has 1 aromatic heterocycles. The van der Waals surface area contributed by atoms with Crippen LogP contribution < -0.4 is 15.0 Å². The molecule has 4 nitrogen and oxygen atoms in total. The van der Waals surface area contributed by atoms with Crippen molar-refractivity contribution in [3.8, 4) is 5.75 Å². The Balaban J connectivity index is 1.55. The van der Waals surface area contributed by atoms with E-state index in [0.717, 1.165) is 24.1 Å². The molecule has 2 aromatic carbocycles. The number of amides is 1. The zero-order valence-corrected chi connectivity index (χ0v) is 16.9. The van der Waals surface area contributed by atoms with Crippen LogP contribution in [0.1, 0.15) is 17.4 Å². The minimum atomic E-state index is -0.0973. The van der Waals surface area contributed by atoms with Crippen LogP contribution in [-0.2, 0) is 17.8 Å². The first kappa shape index (κ1) is 19.4. The molecule has 1 heterocycles. The Labute approximate surface area is 164 Å². The summed E-state index contributed by atoms with van der Waals surface area (Å²) in [6, 6.07) is 16.6. The Morgan fingerprint density at radius 1 is 1.19 bits per heavy atom. The van der Waals surface area contributed by atoms with Crippen molar-refractivity contribution in [3.63, 3.8) is 0 Å². The van der Waals surface area contributed by atoms with E-state index in [0.29, 0.717) is 6.54 Å². The molecule has 1 amide bonds. The van der Waals surface area contributed by atoms with Gasteiger partial charge in [-0.25, -0.2) is 0 Å². The summed E-state index contributed by atoms with van der Waals surface area (Å²) in [6.07, 6.45) is 0.892. The van der Waals surface area contributed by atoms with Crippen molar-refractivity contribution in [2.75, 3.05) is 20.7 Å². The van der Waals surface area contributed by atoms with E-state index in [-0.39, 0.29) is 11.9 Å². The molecule has 0 saturated carbocycles. The van der Waals surface area contributed by atoms with Crippen molar-refractivity contribution >= 4 is 28.0 Å². The van der Waals surface area contributed by atoms with Crippen LogP contribution >= 0.6 is 11.3 Å². The summed E-state index contributed by atoms with van der Waals surface area (Å²) in [5.41, 5.74) is 1.23. The molecule has 2 N–H and O–H groups in total. The van der Waals surface area contributed by atoms with Crippen LogP contribution in [0.4, 0.5) is 0 Å². The highest BCUT2D eigenvalue weighted by molar-refractivity contribution is 7.09. The molecule has 0 fully saturated rings. The number of rotatable bonds is 8. The normalized spacial score (nSPS) is 13.3. The van der Waals surface area contributed by atoms with Gasteiger partial charge >= 0.3 is 0 Å². The standard InChI is InChI=1S/C22H26N2O2S/c1-16(22(25)23-11-10-21-5-4-12-27-21)24(2)15-17-6-7-19-14-20(26-3)9-8-18(19)13-17/h4-9,12-14,16H,10-11,15H2,1-3H3,(H,23,25)/p+1/t16-/m0/s1. The zero-order valence-electron chi connectivity index (χ0n) is 16.1. The van der Waals surface area contributed by atoms with Crippen molar-refractivity contribution in [1.82, 2.24) is 5.32 Å². The molecule has 0 bridgehead atoms. The van der Waals surface area contributed by atoms with E-state index in [9.17, 15) is 4.79 Å². The second-order valence-corrected chi connectivity index (χ2v) is 7.94. The molecule has 0 aliphatic rings. The average molecular weight is 384 g/mol. The summed E-state index contributed by atoms with van der Waals surface area (Å²) in [5.74, 6) is 0.973. The van der Waals surface area contributed by atoms with E-state index in [1.807, 2.05) is 25.1 Å². The Kier molecular flexibility index (Phi) is 6.48. The van der Waals surface area contributed by atoms with Crippen LogP contribution in [0.3, 0.4) is 0 Å². The zero-order chi connectivity index (χ0) is 19.2. The fraction of sp³-hybridized carbons (Fsp3) is 0.318. The summed E-state index contributed by atoms with van der Waals surface area (Å²) in [4.78, 5) is 14.9. The number of nitrogens with one attached hydrogen (secondary N) is 2. The largest absolute Gasteiger partial charge is 0.497 e. The van der Waals surface area contributed by atoms with Gasteiger partial charge in [-0.15, -0.1) is 11.3 Å². The summed E-state index contributed by atoms with van der Waals surface area (Å²) in [5, 5.41) is 7.48.